The predicted molar refractivity (Wildman–Crippen MR) is 160 cm³/mol. The lowest BCUT2D eigenvalue weighted by atomic mass is 10.1. The van der Waals surface area contributed by atoms with Crippen molar-refractivity contribution < 1.29 is 17.9 Å². The predicted octanol–water partition coefficient (Wildman–Crippen LogP) is 4.72. The highest BCUT2D eigenvalue weighted by Gasteiger charge is 2.23. The van der Waals surface area contributed by atoms with Crippen molar-refractivity contribution in [2.24, 2.45) is 0 Å². The van der Waals surface area contributed by atoms with Crippen LogP contribution in [0.5, 0.6) is 5.75 Å². The van der Waals surface area contributed by atoms with Crippen LogP contribution in [0.2, 0.25) is 5.02 Å². The number of hydrogen-bond donors (Lipinski definition) is 2. The molecule has 1 amide bonds. The number of amides is 1. The van der Waals surface area contributed by atoms with Gasteiger partial charge in [0.25, 0.3) is 5.91 Å². The fourth-order valence-corrected chi connectivity index (χ4v) is 4.82. The number of hydrogen-bond acceptors (Lipinski definition) is 8. The quantitative estimate of drug-likeness (QED) is 0.245. The summed E-state index contributed by atoms with van der Waals surface area (Å²) in [6.45, 7) is 3.66. The number of anilines is 4. The van der Waals surface area contributed by atoms with Crippen molar-refractivity contribution in [1.82, 2.24) is 19.8 Å². The summed E-state index contributed by atoms with van der Waals surface area (Å²) in [7, 11) is 2.17. The number of rotatable bonds is 11. The molecule has 1 N–H and O–H groups in total. The minimum absolute atomic E-state index is 0.0262. The van der Waals surface area contributed by atoms with Crippen LogP contribution in [0.15, 0.2) is 66.7 Å². The number of para-hydroxylation sites is 2. The van der Waals surface area contributed by atoms with Crippen LogP contribution in [0.1, 0.15) is 17.3 Å². The van der Waals surface area contributed by atoms with Crippen LogP contribution in [0, 0.1) is 0 Å². The van der Waals surface area contributed by atoms with Crippen LogP contribution in [0.4, 0.5) is 23.0 Å². The molecule has 0 unspecified atom stereocenters. The molecular formula is C28H31ClN6O4S. The SMILES string of the molecule is CCN(CCN(C)C)C(=O)c1cccc(N(c2nc3ccccc3nc2Nc2cc(OC)ccc2Cl)[SH](=O)=O)c1. The lowest BCUT2D eigenvalue weighted by Crippen LogP contribution is -2.36. The van der Waals surface area contributed by atoms with E-state index in [0.29, 0.717) is 52.7 Å². The maximum absolute atomic E-state index is 13.3. The minimum atomic E-state index is -3.24. The Balaban J connectivity index is 1.81. The number of aromatic nitrogens is 2. The van der Waals surface area contributed by atoms with Gasteiger partial charge in [0.15, 0.2) is 11.6 Å². The molecule has 0 fully saturated rings. The number of fused-ring (bicyclic) bond motifs is 1. The first-order valence-electron chi connectivity index (χ1n) is 12.6. The summed E-state index contributed by atoms with van der Waals surface area (Å²) in [6.07, 6.45) is 0. The summed E-state index contributed by atoms with van der Waals surface area (Å²) in [5.41, 5.74) is 2.11. The molecule has 4 aromatic rings. The van der Waals surface area contributed by atoms with Gasteiger partial charge in [-0.1, -0.05) is 29.8 Å². The highest BCUT2D eigenvalue weighted by atomic mass is 35.5. The van der Waals surface area contributed by atoms with E-state index in [2.05, 4.69) is 15.3 Å². The number of nitrogens with one attached hydrogen (secondary N) is 1. The zero-order valence-corrected chi connectivity index (χ0v) is 24.3. The van der Waals surface area contributed by atoms with E-state index < -0.39 is 10.9 Å². The molecule has 10 nitrogen and oxygen atoms in total. The smallest absolute Gasteiger partial charge is 0.253 e. The summed E-state index contributed by atoms with van der Waals surface area (Å²) in [5.74, 6) is 0.539. The molecule has 12 heteroatoms. The Bertz CT molecular complexity index is 1590. The Hall–Kier alpha value is -3.93. The van der Waals surface area contributed by atoms with Gasteiger partial charge in [0.1, 0.15) is 5.75 Å². The fraction of sp³-hybridized carbons (Fsp3) is 0.250. The lowest BCUT2D eigenvalue weighted by Gasteiger charge is -2.24. The molecule has 4 rings (SSSR count). The lowest BCUT2D eigenvalue weighted by molar-refractivity contribution is 0.0754. The Labute approximate surface area is 240 Å². The Morgan fingerprint density at radius 1 is 0.975 bits per heavy atom. The van der Waals surface area contributed by atoms with Gasteiger partial charge in [0.2, 0.25) is 10.9 Å². The number of carbonyl (C=O) groups excluding carboxylic acids is 1. The molecule has 3 aromatic carbocycles. The van der Waals surface area contributed by atoms with Gasteiger partial charge < -0.3 is 19.9 Å². The van der Waals surface area contributed by atoms with Gasteiger partial charge in [0.05, 0.1) is 34.5 Å². The molecule has 1 aromatic heterocycles. The zero-order valence-electron chi connectivity index (χ0n) is 22.7. The highest BCUT2D eigenvalue weighted by Crippen LogP contribution is 2.36. The van der Waals surface area contributed by atoms with Gasteiger partial charge in [-0.3, -0.25) is 4.79 Å². The van der Waals surface area contributed by atoms with Crippen molar-refractivity contribution >= 4 is 62.4 Å². The number of nitrogens with zero attached hydrogens (tertiary/aromatic N) is 5. The van der Waals surface area contributed by atoms with E-state index >= 15 is 0 Å². The number of halogens is 1. The normalized spacial score (nSPS) is 11.2. The second-order valence-corrected chi connectivity index (χ2v) is 10.4. The first-order chi connectivity index (χ1) is 19.2. The molecule has 0 aliphatic rings. The average Bonchev–Trinajstić information content (AvgIpc) is 2.94. The van der Waals surface area contributed by atoms with Crippen LogP contribution in [-0.4, -0.2) is 74.9 Å². The van der Waals surface area contributed by atoms with Gasteiger partial charge in [-0.15, -0.1) is 0 Å². The van der Waals surface area contributed by atoms with E-state index in [-0.39, 0.29) is 23.2 Å². The number of benzene rings is 3. The highest BCUT2D eigenvalue weighted by molar-refractivity contribution is 7.74. The van der Waals surface area contributed by atoms with Gasteiger partial charge in [0, 0.05) is 31.3 Å². The van der Waals surface area contributed by atoms with Crippen LogP contribution in [0.3, 0.4) is 0 Å². The number of carbonyl (C=O) groups is 1. The molecule has 40 heavy (non-hydrogen) atoms. The van der Waals surface area contributed by atoms with Gasteiger partial charge in [-0.25, -0.2) is 22.7 Å². The first kappa shape index (κ1) is 29.1. The van der Waals surface area contributed by atoms with Crippen molar-refractivity contribution in [3.05, 3.63) is 77.3 Å². The number of likely N-dealkylation sites (N-methyl/N-ethyl adjacent to an activating group) is 2. The van der Waals surface area contributed by atoms with E-state index in [4.69, 9.17) is 16.3 Å². The number of methoxy groups -OCH3 is 1. The second kappa shape index (κ2) is 12.9. The third-order valence-corrected chi connectivity index (χ3v) is 7.24. The topological polar surface area (TPSA) is 108 Å². The molecule has 0 spiro atoms. The summed E-state index contributed by atoms with van der Waals surface area (Å²) in [4.78, 5) is 26.4. The van der Waals surface area contributed by atoms with Crippen molar-refractivity contribution in [3.63, 3.8) is 0 Å². The molecule has 0 bridgehead atoms. The Kier molecular flexibility index (Phi) is 9.41. The largest absolute Gasteiger partial charge is 0.497 e. The molecule has 0 radical (unpaired) electrons. The van der Waals surface area contributed by atoms with Crippen molar-refractivity contribution in [2.75, 3.05) is 50.5 Å². The van der Waals surface area contributed by atoms with Crippen molar-refractivity contribution in [3.8, 4) is 5.75 Å². The second-order valence-electron chi connectivity index (χ2n) is 9.14. The Morgan fingerprint density at radius 2 is 1.70 bits per heavy atom. The summed E-state index contributed by atoms with van der Waals surface area (Å²) in [6, 6.07) is 18.6. The van der Waals surface area contributed by atoms with E-state index in [1.807, 2.05) is 32.0 Å². The summed E-state index contributed by atoms with van der Waals surface area (Å²) < 4.78 is 31.9. The van der Waals surface area contributed by atoms with Crippen LogP contribution in [0.25, 0.3) is 11.0 Å². The average molecular weight is 583 g/mol. The number of ether oxygens (including phenoxy) is 1. The monoisotopic (exact) mass is 582 g/mol. The summed E-state index contributed by atoms with van der Waals surface area (Å²) >= 11 is 6.43. The van der Waals surface area contributed by atoms with Gasteiger partial charge in [-0.05, 0) is 63.5 Å². The minimum Gasteiger partial charge on any atom is -0.497 e. The van der Waals surface area contributed by atoms with Crippen molar-refractivity contribution in [1.29, 1.82) is 0 Å². The number of thiol groups is 1. The molecule has 1 heterocycles. The van der Waals surface area contributed by atoms with E-state index in [0.717, 1.165) is 4.31 Å². The first-order valence-corrected chi connectivity index (χ1v) is 14.1. The van der Waals surface area contributed by atoms with Crippen LogP contribution in [-0.2, 0) is 10.9 Å². The molecule has 0 atom stereocenters. The van der Waals surface area contributed by atoms with E-state index in [1.165, 1.54) is 7.11 Å². The van der Waals surface area contributed by atoms with Crippen LogP contribution < -0.4 is 14.4 Å². The molecular weight excluding hydrogens is 552 g/mol. The zero-order chi connectivity index (χ0) is 28.8. The van der Waals surface area contributed by atoms with Crippen LogP contribution >= 0.6 is 11.6 Å². The van der Waals surface area contributed by atoms with E-state index in [9.17, 15) is 13.2 Å². The maximum atomic E-state index is 13.3. The fourth-order valence-electron chi connectivity index (χ4n) is 4.05. The van der Waals surface area contributed by atoms with Gasteiger partial charge in [-0.2, -0.15) is 0 Å². The standard InChI is InChI=1S/C28H31ClN6O4S/c1-5-34(16-15-33(2)3)28(36)19-9-8-10-20(17-19)35(40(37)38)27-26(30-23-11-6-7-12-24(23)32-27)31-25-18-21(39-4)13-14-22(25)29/h6-14,17-18,40H,5,15-16H2,1-4H3,(H,30,31). The molecule has 0 saturated carbocycles. The molecule has 0 aliphatic carbocycles. The Morgan fingerprint density at radius 3 is 2.35 bits per heavy atom. The molecule has 210 valence electrons. The van der Waals surface area contributed by atoms with E-state index in [1.54, 1.807) is 65.6 Å². The molecule has 0 aliphatic heterocycles. The van der Waals surface area contributed by atoms with Gasteiger partial charge >= 0.3 is 0 Å². The third kappa shape index (κ3) is 6.61. The summed E-state index contributed by atoms with van der Waals surface area (Å²) in [5, 5.41) is 3.51. The molecule has 0 saturated heterocycles. The van der Waals surface area contributed by atoms with Crippen molar-refractivity contribution in [2.45, 2.75) is 6.92 Å². The maximum Gasteiger partial charge on any atom is 0.253 e. The third-order valence-electron chi connectivity index (χ3n) is 6.17.